The molecule has 2 aromatic rings. The fraction of sp³-hybridized carbons (Fsp3) is 0.200. The maximum absolute atomic E-state index is 12.4. The molecule has 0 saturated carbocycles. The van der Waals surface area contributed by atoms with Crippen molar-refractivity contribution in [1.29, 1.82) is 0 Å². The average Bonchev–Trinajstić information content (AvgIpc) is 2.63. The summed E-state index contributed by atoms with van der Waals surface area (Å²) in [5.74, 6) is 0.174. The van der Waals surface area contributed by atoms with Gasteiger partial charge in [0.25, 0.3) is 0 Å². The predicted molar refractivity (Wildman–Crippen MR) is 56.1 cm³/mol. The third kappa shape index (κ3) is 2.41. The highest BCUT2D eigenvalue weighted by Gasteiger charge is 2.31. The maximum atomic E-state index is 12.4. The molecule has 0 aliphatic rings. The van der Waals surface area contributed by atoms with Crippen LogP contribution in [-0.4, -0.2) is 14.8 Å². The third-order valence-corrected chi connectivity index (χ3v) is 2.37. The second-order valence-corrected chi connectivity index (χ2v) is 3.84. The first-order chi connectivity index (χ1) is 7.88. The highest BCUT2D eigenvalue weighted by molar-refractivity contribution is 6.32. The molecule has 0 amide bonds. The molecule has 0 aliphatic carbocycles. The second-order valence-electron chi connectivity index (χ2n) is 3.43. The zero-order valence-electron chi connectivity index (χ0n) is 8.66. The molecule has 0 radical (unpaired) electrons. The van der Waals surface area contributed by atoms with Gasteiger partial charge in [-0.3, -0.25) is 0 Å². The van der Waals surface area contributed by atoms with Crippen LogP contribution in [0.25, 0.3) is 5.82 Å². The van der Waals surface area contributed by atoms with Gasteiger partial charge >= 0.3 is 6.18 Å². The van der Waals surface area contributed by atoms with Gasteiger partial charge in [0.15, 0.2) is 5.82 Å². The summed E-state index contributed by atoms with van der Waals surface area (Å²) in [6.45, 7) is 1.76. The Morgan fingerprint density at radius 2 is 2.06 bits per heavy atom. The molecule has 0 bridgehead atoms. The monoisotopic (exact) mass is 261 g/mol. The Labute approximate surface area is 99.8 Å². The zero-order valence-corrected chi connectivity index (χ0v) is 9.42. The second kappa shape index (κ2) is 4.03. The summed E-state index contributed by atoms with van der Waals surface area (Å²) >= 11 is 5.76. The zero-order chi connectivity index (χ0) is 12.6. The Morgan fingerprint density at radius 3 is 2.53 bits per heavy atom. The van der Waals surface area contributed by atoms with Crippen molar-refractivity contribution < 1.29 is 13.2 Å². The lowest BCUT2D eigenvalue weighted by Crippen LogP contribution is -2.08. The minimum absolute atomic E-state index is 0.0945. The van der Waals surface area contributed by atoms with Crippen LogP contribution in [0.2, 0.25) is 5.02 Å². The summed E-state index contributed by atoms with van der Waals surface area (Å²) < 4.78 is 38.5. The van der Waals surface area contributed by atoms with Crippen molar-refractivity contribution >= 4 is 11.6 Å². The van der Waals surface area contributed by atoms with Crippen molar-refractivity contribution in [1.82, 2.24) is 14.8 Å². The Hall–Kier alpha value is -1.56. The van der Waals surface area contributed by atoms with Gasteiger partial charge in [-0.05, 0) is 19.1 Å². The molecule has 2 aromatic heterocycles. The highest BCUT2D eigenvalue weighted by Crippen LogP contribution is 2.31. The summed E-state index contributed by atoms with van der Waals surface area (Å²) in [7, 11) is 0. The van der Waals surface area contributed by atoms with Crippen LogP contribution in [0, 0.1) is 6.92 Å². The van der Waals surface area contributed by atoms with Crippen molar-refractivity contribution in [2.45, 2.75) is 13.1 Å². The van der Waals surface area contributed by atoms with Crippen LogP contribution >= 0.6 is 11.6 Å². The SMILES string of the molecule is Cc1ccn(-c2ncc(C(F)(F)F)cc2Cl)n1. The molecule has 0 spiro atoms. The number of hydrogen-bond donors (Lipinski definition) is 0. The number of halogens is 4. The summed E-state index contributed by atoms with van der Waals surface area (Å²) in [6.07, 6.45) is -2.13. The largest absolute Gasteiger partial charge is 0.417 e. The number of pyridine rings is 1. The van der Waals surface area contributed by atoms with Crippen LogP contribution < -0.4 is 0 Å². The molecule has 0 fully saturated rings. The number of nitrogens with zero attached hydrogens (tertiary/aromatic N) is 3. The van der Waals surface area contributed by atoms with Crippen molar-refractivity contribution in [2.75, 3.05) is 0 Å². The van der Waals surface area contributed by atoms with E-state index < -0.39 is 11.7 Å². The standard InChI is InChI=1S/C10H7ClF3N3/c1-6-2-3-17(16-6)9-8(11)4-7(5-15-9)10(12,13)14/h2-5H,1H3. The molecular formula is C10H7ClF3N3. The normalized spacial score (nSPS) is 11.8. The molecule has 0 saturated heterocycles. The first-order valence-electron chi connectivity index (χ1n) is 4.63. The van der Waals surface area contributed by atoms with Crippen LogP contribution in [-0.2, 0) is 6.18 Å². The molecule has 7 heteroatoms. The molecule has 90 valence electrons. The fourth-order valence-electron chi connectivity index (χ4n) is 1.29. The summed E-state index contributed by atoms with van der Waals surface area (Å²) in [6, 6.07) is 2.54. The summed E-state index contributed by atoms with van der Waals surface area (Å²) in [4.78, 5) is 3.68. The maximum Gasteiger partial charge on any atom is 0.417 e. The summed E-state index contributed by atoms with van der Waals surface area (Å²) in [5.41, 5.74) is -0.155. The van der Waals surface area contributed by atoms with Crippen LogP contribution in [0.1, 0.15) is 11.3 Å². The number of aryl methyl sites for hydroxylation is 1. The van der Waals surface area contributed by atoms with E-state index in [4.69, 9.17) is 11.6 Å². The Bertz CT molecular complexity index is 548. The van der Waals surface area contributed by atoms with Crippen molar-refractivity contribution in [3.8, 4) is 5.82 Å². The number of hydrogen-bond acceptors (Lipinski definition) is 2. The van der Waals surface area contributed by atoms with Crippen LogP contribution in [0.5, 0.6) is 0 Å². The average molecular weight is 262 g/mol. The van der Waals surface area contributed by atoms with E-state index in [2.05, 4.69) is 10.1 Å². The minimum atomic E-state index is -4.45. The summed E-state index contributed by atoms with van der Waals surface area (Å²) in [5, 5.41) is 3.93. The van der Waals surface area contributed by atoms with Gasteiger partial charge in [-0.15, -0.1) is 0 Å². The lowest BCUT2D eigenvalue weighted by molar-refractivity contribution is -0.137. The van der Waals surface area contributed by atoms with E-state index >= 15 is 0 Å². The first-order valence-corrected chi connectivity index (χ1v) is 5.01. The van der Waals surface area contributed by atoms with Gasteiger partial charge in [0.2, 0.25) is 0 Å². The third-order valence-electron chi connectivity index (χ3n) is 2.09. The van der Waals surface area contributed by atoms with E-state index in [1.54, 1.807) is 19.2 Å². The van der Waals surface area contributed by atoms with Gasteiger partial charge in [-0.1, -0.05) is 11.6 Å². The van der Waals surface area contributed by atoms with Crippen LogP contribution in [0.4, 0.5) is 13.2 Å². The van der Waals surface area contributed by atoms with Gasteiger partial charge < -0.3 is 0 Å². The van der Waals surface area contributed by atoms with Gasteiger partial charge in [0.05, 0.1) is 16.3 Å². The molecule has 3 nitrogen and oxygen atoms in total. The topological polar surface area (TPSA) is 30.7 Å². The highest BCUT2D eigenvalue weighted by atomic mass is 35.5. The first kappa shape index (κ1) is 11.9. The molecule has 0 unspecified atom stereocenters. The molecule has 2 heterocycles. The number of aromatic nitrogens is 3. The number of alkyl halides is 3. The molecule has 2 rings (SSSR count). The lowest BCUT2D eigenvalue weighted by Gasteiger charge is -2.08. The molecule has 0 N–H and O–H groups in total. The van der Waals surface area contributed by atoms with E-state index in [0.29, 0.717) is 0 Å². The van der Waals surface area contributed by atoms with Gasteiger partial charge in [0.1, 0.15) is 0 Å². The Balaban J connectivity index is 2.45. The van der Waals surface area contributed by atoms with E-state index in [9.17, 15) is 13.2 Å². The predicted octanol–water partition coefficient (Wildman–Crippen LogP) is 3.25. The van der Waals surface area contributed by atoms with Crippen molar-refractivity contribution in [2.24, 2.45) is 0 Å². The number of rotatable bonds is 1. The van der Waals surface area contributed by atoms with Gasteiger partial charge in [-0.2, -0.15) is 18.3 Å². The van der Waals surface area contributed by atoms with Gasteiger partial charge in [-0.25, -0.2) is 9.67 Å². The molecular weight excluding hydrogens is 255 g/mol. The van der Waals surface area contributed by atoms with Gasteiger partial charge in [0, 0.05) is 12.4 Å². The van der Waals surface area contributed by atoms with Crippen LogP contribution in [0.15, 0.2) is 24.5 Å². The van der Waals surface area contributed by atoms with E-state index in [1.165, 1.54) is 4.68 Å². The van der Waals surface area contributed by atoms with E-state index in [0.717, 1.165) is 18.0 Å². The molecule has 0 aliphatic heterocycles. The van der Waals surface area contributed by atoms with Crippen LogP contribution in [0.3, 0.4) is 0 Å². The lowest BCUT2D eigenvalue weighted by atomic mass is 10.3. The Kier molecular flexibility index (Phi) is 2.82. The van der Waals surface area contributed by atoms with E-state index in [-0.39, 0.29) is 10.8 Å². The Morgan fingerprint density at radius 1 is 1.35 bits per heavy atom. The quantitative estimate of drug-likeness (QED) is 0.789. The molecule has 17 heavy (non-hydrogen) atoms. The van der Waals surface area contributed by atoms with E-state index in [1.807, 2.05) is 0 Å². The fourth-order valence-corrected chi connectivity index (χ4v) is 1.54. The molecule has 0 atom stereocenters. The van der Waals surface area contributed by atoms with Crippen molar-refractivity contribution in [3.63, 3.8) is 0 Å². The minimum Gasteiger partial charge on any atom is -0.235 e. The van der Waals surface area contributed by atoms with Crippen molar-refractivity contribution in [3.05, 3.63) is 40.8 Å². The smallest absolute Gasteiger partial charge is 0.235 e. The molecule has 0 aromatic carbocycles.